The van der Waals surface area contributed by atoms with Crippen molar-refractivity contribution in [3.8, 4) is 0 Å². The van der Waals surface area contributed by atoms with Gasteiger partial charge >= 0.3 is 7.12 Å². The fraction of sp³-hybridized carbons (Fsp3) is 0.500. The van der Waals surface area contributed by atoms with Gasteiger partial charge in [0.25, 0.3) is 0 Å². The molecule has 1 fully saturated rings. The van der Waals surface area contributed by atoms with Crippen molar-refractivity contribution in [3.63, 3.8) is 0 Å². The first-order valence-corrected chi connectivity index (χ1v) is 7.66. The van der Waals surface area contributed by atoms with Crippen molar-refractivity contribution in [2.24, 2.45) is 0 Å². The average Bonchev–Trinajstić information content (AvgIpc) is 3.02. The number of hydrogen-bond acceptors (Lipinski definition) is 4. The number of aromatic nitrogens is 2. The topological polar surface area (TPSA) is 36.3 Å². The van der Waals surface area contributed by atoms with E-state index in [9.17, 15) is 0 Å². The molecule has 3 heterocycles. The highest BCUT2D eigenvalue weighted by Gasteiger charge is 2.52. The standard InChI is InChI=1S/C14H19BN2O2S/c1-13(2)14(3,4)19-15(18-13)11-8-16-17(9-11)10-12-6-5-7-20-12/h5-9H,10H2,1-4H3. The van der Waals surface area contributed by atoms with E-state index in [1.807, 2.05) is 17.1 Å². The molecule has 0 aliphatic carbocycles. The fourth-order valence-electron chi connectivity index (χ4n) is 2.13. The number of nitrogens with zero attached hydrogens (tertiary/aromatic N) is 2. The maximum Gasteiger partial charge on any atom is 0.498 e. The molecule has 106 valence electrons. The first-order valence-electron chi connectivity index (χ1n) is 6.78. The van der Waals surface area contributed by atoms with E-state index in [4.69, 9.17) is 9.31 Å². The molecular weight excluding hydrogens is 271 g/mol. The van der Waals surface area contributed by atoms with E-state index in [0.29, 0.717) is 0 Å². The van der Waals surface area contributed by atoms with Crippen molar-refractivity contribution < 1.29 is 9.31 Å². The second-order valence-corrected chi connectivity index (χ2v) is 7.17. The van der Waals surface area contributed by atoms with Gasteiger partial charge in [-0.3, -0.25) is 4.68 Å². The van der Waals surface area contributed by atoms with Crippen LogP contribution in [0.1, 0.15) is 32.6 Å². The minimum absolute atomic E-state index is 0.312. The lowest BCUT2D eigenvalue weighted by molar-refractivity contribution is 0.00578. The monoisotopic (exact) mass is 290 g/mol. The molecule has 0 aromatic carbocycles. The summed E-state index contributed by atoms with van der Waals surface area (Å²) in [5, 5.41) is 6.47. The Morgan fingerprint density at radius 2 is 1.95 bits per heavy atom. The number of thiophene rings is 1. The lowest BCUT2D eigenvalue weighted by Gasteiger charge is -2.32. The predicted molar refractivity (Wildman–Crippen MR) is 81.4 cm³/mol. The molecule has 20 heavy (non-hydrogen) atoms. The molecule has 0 N–H and O–H groups in total. The molecule has 0 radical (unpaired) electrons. The highest BCUT2D eigenvalue weighted by atomic mass is 32.1. The quantitative estimate of drug-likeness (QED) is 0.814. The summed E-state index contributed by atoms with van der Waals surface area (Å²) >= 11 is 1.74. The molecule has 0 unspecified atom stereocenters. The molecule has 0 bridgehead atoms. The summed E-state index contributed by atoms with van der Waals surface area (Å²) in [6.45, 7) is 9.02. The van der Waals surface area contributed by atoms with Gasteiger partial charge in [-0.15, -0.1) is 11.3 Å². The Balaban J connectivity index is 1.75. The first kappa shape index (κ1) is 13.9. The molecular formula is C14H19BN2O2S. The number of hydrogen-bond donors (Lipinski definition) is 0. The minimum atomic E-state index is -0.336. The Morgan fingerprint density at radius 3 is 2.55 bits per heavy atom. The molecule has 1 aliphatic heterocycles. The van der Waals surface area contributed by atoms with Gasteiger partial charge in [-0.1, -0.05) is 6.07 Å². The lowest BCUT2D eigenvalue weighted by atomic mass is 9.82. The van der Waals surface area contributed by atoms with Crippen molar-refractivity contribution in [1.29, 1.82) is 0 Å². The van der Waals surface area contributed by atoms with Crippen molar-refractivity contribution in [2.75, 3.05) is 0 Å². The molecule has 2 aromatic heterocycles. The second-order valence-electron chi connectivity index (χ2n) is 6.14. The van der Waals surface area contributed by atoms with E-state index in [1.165, 1.54) is 4.88 Å². The Morgan fingerprint density at radius 1 is 1.25 bits per heavy atom. The molecule has 3 rings (SSSR count). The fourth-order valence-corrected chi connectivity index (χ4v) is 2.82. The summed E-state index contributed by atoms with van der Waals surface area (Å²) in [6.07, 6.45) is 3.83. The van der Waals surface area contributed by atoms with Crippen LogP contribution in [-0.4, -0.2) is 28.1 Å². The van der Waals surface area contributed by atoms with Crippen molar-refractivity contribution in [2.45, 2.75) is 45.4 Å². The zero-order valence-corrected chi connectivity index (χ0v) is 13.1. The van der Waals surface area contributed by atoms with Crippen LogP contribution >= 0.6 is 11.3 Å². The van der Waals surface area contributed by atoms with Crippen molar-refractivity contribution in [3.05, 3.63) is 34.8 Å². The minimum Gasteiger partial charge on any atom is -0.399 e. The molecule has 0 saturated carbocycles. The third kappa shape index (κ3) is 2.43. The van der Waals surface area contributed by atoms with Crippen LogP contribution in [0.5, 0.6) is 0 Å². The van der Waals surface area contributed by atoms with Gasteiger partial charge in [0.15, 0.2) is 0 Å². The van der Waals surface area contributed by atoms with Crippen LogP contribution in [0.2, 0.25) is 0 Å². The van der Waals surface area contributed by atoms with Crippen molar-refractivity contribution >= 4 is 23.9 Å². The zero-order valence-electron chi connectivity index (χ0n) is 12.3. The maximum absolute atomic E-state index is 6.03. The normalized spacial score (nSPS) is 20.5. The molecule has 4 nitrogen and oxygen atoms in total. The largest absolute Gasteiger partial charge is 0.498 e. The second kappa shape index (κ2) is 4.72. The van der Waals surface area contributed by atoms with Crippen LogP contribution in [0.3, 0.4) is 0 Å². The first-order chi connectivity index (χ1) is 9.37. The van der Waals surface area contributed by atoms with Gasteiger partial charge in [0, 0.05) is 22.7 Å². The van der Waals surface area contributed by atoms with E-state index >= 15 is 0 Å². The van der Waals surface area contributed by atoms with Crippen LogP contribution in [-0.2, 0) is 15.9 Å². The van der Waals surface area contributed by atoms with Crippen LogP contribution < -0.4 is 5.46 Å². The van der Waals surface area contributed by atoms with E-state index in [0.717, 1.165) is 12.0 Å². The van der Waals surface area contributed by atoms with E-state index in [1.54, 1.807) is 11.3 Å². The summed E-state index contributed by atoms with van der Waals surface area (Å²) in [6, 6.07) is 4.17. The molecule has 0 amide bonds. The summed E-state index contributed by atoms with van der Waals surface area (Å²) in [5.41, 5.74) is 0.348. The summed E-state index contributed by atoms with van der Waals surface area (Å²) < 4.78 is 14.0. The maximum atomic E-state index is 6.03. The third-order valence-electron chi connectivity index (χ3n) is 4.08. The van der Waals surface area contributed by atoms with Gasteiger partial charge in [0.05, 0.1) is 17.7 Å². The smallest absolute Gasteiger partial charge is 0.399 e. The molecule has 0 spiro atoms. The van der Waals surface area contributed by atoms with Gasteiger partial charge in [0.2, 0.25) is 0 Å². The summed E-state index contributed by atoms with van der Waals surface area (Å²) in [7, 11) is -0.336. The molecule has 0 atom stereocenters. The molecule has 2 aromatic rings. The van der Waals surface area contributed by atoms with Crippen LogP contribution in [0.4, 0.5) is 0 Å². The van der Waals surface area contributed by atoms with Gasteiger partial charge in [-0.2, -0.15) is 5.10 Å². The van der Waals surface area contributed by atoms with Gasteiger partial charge in [-0.05, 0) is 39.1 Å². The predicted octanol–water partition coefficient (Wildman–Crippen LogP) is 2.29. The zero-order chi connectivity index (χ0) is 14.4. The Kier molecular flexibility index (Phi) is 3.27. The Bertz CT molecular complexity index is 576. The van der Waals surface area contributed by atoms with Gasteiger partial charge in [0.1, 0.15) is 0 Å². The van der Waals surface area contributed by atoms with Gasteiger partial charge < -0.3 is 9.31 Å². The average molecular weight is 290 g/mol. The Hall–Kier alpha value is -1.11. The number of rotatable bonds is 3. The highest BCUT2D eigenvalue weighted by Crippen LogP contribution is 2.36. The van der Waals surface area contributed by atoms with Crippen LogP contribution in [0.15, 0.2) is 29.9 Å². The van der Waals surface area contributed by atoms with Gasteiger partial charge in [-0.25, -0.2) is 0 Å². The van der Waals surface area contributed by atoms with Crippen LogP contribution in [0, 0.1) is 0 Å². The Labute approximate surface area is 123 Å². The highest BCUT2D eigenvalue weighted by molar-refractivity contribution is 7.09. The summed E-state index contributed by atoms with van der Waals surface area (Å²) in [4.78, 5) is 1.29. The molecule has 6 heteroatoms. The van der Waals surface area contributed by atoms with E-state index < -0.39 is 0 Å². The third-order valence-corrected chi connectivity index (χ3v) is 4.94. The lowest BCUT2D eigenvalue weighted by Crippen LogP contribution is -2.41. The van der Waals surface area contributed by atoms with E-state index in [-0.39, 0.29) is 18.3 Å². The summed E-state index contributed by atoms with van der Waals surface area (Å²) in [5.74, 6) is 0. The molecule has 1 aliphatic rings. The van der Waals surface area contributed by atoms with Crippen LogP contribution in [0.25, 0.3) is 0 Å². The SMILES string of the molecule is CC1(C)OB(c2cnn(Cc3cccs3)c2)OC1(C)C. The van der Waals surface area contributed by atoms with E-state index in [2.05, 4.69) is 50.3 Å². The molecule has 1 saturated heterocycles. The van der Waals surface area contributed by atoms with Crippen molar-refractivity contribution in [1.82, 2.24) is 9.78 Å².